The van der Waals surface area contributed by atoms with Gasteiger partial charge in [0.1, 0.15) is 23.6 Å². The van der Waals surface area contributed by atoms with E-state index in [0.29, 0.717) is 29.4 Å². The van der Waals surface area contributed by atoms with Gasteiger partial charge in [0.15, 0.2) is 0 Å². The SMILES string of the molecule is CC1(C)[C@H]2CC[C@]1(c1cncc(-c3nc(CCC(N)=O)co3)n1)c1nnc(-c3c(F)cccc3F)cc12. The van der Waals surface area contributed by atoms with Crippen molar-refractivity contribution in [3.63, 3.8) is 0 Å². The molecule has 1 fully saturated rings. The van der Waals surface area contributed by atoms with Gasteiger partial charge in [0, 0.05) is 19.0 Å². The number of nitrogens with two attached hydrogens (primary N) is 1. The summed E-state index contributed by atoms with van der Waals surface area (Å²) in [4.78, 5) is 24.9. The summed E-state index contributed by atoms with van der Waals surface area (Å²) in [5, 5.41) is 8.83. The van der Waals surface area contributed by atoms with Crippen molar-refractivity contribution in [2.45, 2.75) is 50.9 Å². The first-order valence-electron chi connectivity index (χ1n) is 12.1. The lowest BCUT2D eigenvalue weighted by atomic mass is 9.66. The van der Waals surface area contributed by atoms with Gasteiger partial charge in [-0.3, -0.25) is 9.78 Å². The van der Waals surface area contributed by atoms with Crippen LogP contribution in [0.2, 0.25) is 0 Å². The molecule has 0 radical (unpaired) electrons. The van der Waals surface area contributed by atoms with Gasteiger partial charge in [-0.25, -0.2) is 18.7 Å². The Morgan fingerprint density at radius 2 is 1.92 bits per heavy atom. The molecule has 8 nitrogen and oxygen atoms in total. The van der Waals surface area contributed by atoms with Crippen LogP contribution < -0.4 is 5.73 Å². The van der Waals surface area contributed by atoms with Crippen molar-refractivity contribution in [1.82, 2.24) is 25.1 Å². The van der Waals surface area contributed by atoms with E-state index < -0.39 is 23.0 Å². The summed E-state index contributed by atoms with van der Waals surface area (Å²) in [7, 11) is 0. The molecule has 2 atom stereocenters. The van der Waals surface area contributed by atoms with Gasteiger partial charge in [-0.1, -0.05) is 19.9 Å². The topological polar surface area (TPSA) is 121 Å². The fourth-order valence-corrected chi connectivity index (χ4v) is 6.22. The Morgan fingerprint density at radius 1 is 1.14 bits per heavy atom. The summed E-state index contributed by atoms with van der Waals surface area (Å²) in [5.74, 6) is -1.35. The highest BCUT2D eigenvalue weighted by atomic mass is 19.1. The van der Waals surface area contributed by atoms with Crippen LogP contribution in [0.4, 0.5) is 8.78 Å². The third-order valence-corrected chi connectivity index (χ3v) is 8.07. The second kappa shape index (κ2) is 8.22. The standard InChI is InChI=1S/C27H24F2N6O2/c1-26(2)16-8-9-27(26,24-15(16)10-19(34-35-24)23-17(28)4-3-5-18(23)29)21-12-31-11-20(33-21)25-32-14(13-37-25)6-7-22(30)36/h3-5,10-13,16H,6-9H2,1-2H3,(H2,30,36)/t16-,27-/m0/s1. The van der Waals surface area contributed by atoms with Crippen LogP contribution in [-0.2, 0) is 16.6 Å². The van der Waals surface area contributed by atoms with Crippen molar-refractivity contribution in [2.24, 2.45) is 11.1 Å². The molecule has 1 amide bonds. The van der Waals surface area contributed by atoms with Crippen molar-refractivity contribution in [1.29, 1.82) is 0 Å². The van der Waals surface area contributed by atoms with Crippen LogP contribution in [0.1, 0.15) is 61.7 Å². The molecule has 0 saturated heterocycles. The number of oxazole rings is 1. The lowest BCUT2D eigenvalue weighted by molar-refractivity contribution is -0.118. The Hall–Kier alpha value is -4.08. The number of primary amides is 1. The zero-order chi connectivity index (χ0) is 25.9. The molecule has 1 saturated carbocycles. The summed E-state index contributed by atoms with van der Waals surface area (Å²) in [6.45, 7) is 4.33. The molecule has 3 heterocycles. The van der Waals surface area contributed by atoms with E-state index in [1.54, 1.807) is 18.5 Å². The van der Waals surface area contributed by atoms with E-state index >= 15 is 0 Å². The van der Waals surface area contributed by atoms with Crippen LogP contribution in [0.3, 0.4) is 0 Å². The van der Waals surface area contributed by atoms with E-state index in [4.69, 9.17) is 15.1 Å². The number of halogens is 2. The normalized spacial score (nSPS) is 21.2. The highest BCUT2D eigenvalue weighted by Crippen LogP contribution is 2.69. The lowest BCUT2D eigenvalue weighted by Gasteiger charge is -2.37. The average Bonchev–Trinajstić information content (AvgIpc) is 3.50. The first-order chi connectivity index (χ1) is 17.7. The second-order valence-corrected chi connectivity index (χ2v) is 10.2. The maximum absolute atomic E-state index is 14.5. The van der Waals surface area contributed by atoms with Gasteiger partial charge < -0.3 is 10.2 Å². The van der Waals surface area contributed by atoms with Crippen LogP contribution in [0.15, 0.2) is 47.3 Å². The number of hydrogen-bond acceptors (Lipinski definition) is 7. The predicted molar refractivity (Wildman–Crippen MR) is 129 cm³/mol. The molecule has 1 aromatic carbocycles. The summed E-state index contributed by atoms with van der Waals surface area (Å²) in [6.07, 6.45) is 6.99. The molecule has 2 aliphatic rings. The largest absolute Gasteiger partial charge is 0.443 e. The van der Waals surface area contributed by atoms with E-state index in [1.807, 2.05) is 0 Å². The molecule has 2 bridgehead atoms. The smallest absolute Gasteiger partial charge is 0.246 e. The van der Waals surface area contributed by atoms with Gasteiger partial charge >= 0.3 is 0 Å². The number of fused-ring (bicyclic) bond motifs is 5. The molecule has 2 N–H and O–H groups in total. The monoisotopic (exact) mass is 502 g/mol. The van der Waals surface area contributed by atoms with Gasteiger partial charge in [0.25, 0.3) is 0 Å². The first kappa shape index (κ1) is 23.3. The number of rotatable bonds is 6. The van der Waals surface area contributed by atoms with Gasteiger partial charge in [0.2, 0.25) is 11.8 Å². The van der Waals surface area contributed by atoms with Crippen LogP contribution in [-0.4, -0.2) is 31.1 Å². The Bertz CT molecular complexity index is 1530. The number of benzene rings is 1. The van der Waals surface area contributed by atoms with E-state index in [0.717, 1.165) is 24.1 Å². The van der Waals surface area contributed by atoms with Gasteiger partial charge in [0.05, 0.1) is 40.0 Å². The minimum absolute atomic E-state index is 0.110. The van der Waals surface area contributed by atoms with E-state index in [2.05, 4.69) is 34.0 Å². The number of aryl methyl sites for hydroxylation is 1. The Labute approximate surface area is 211 Å². The molecule has 10 heteroatoms. The van der Waals surface area contributed by atoms with Crippen LogP contribution in [0.5, 0.6) is 0 Å². The molecule has 4 aromatic rings. The molecule has 37 heavy (non-hydrogen) atoms. The maximum atomic E-state index is 14.5. The quantitative estimate of drug-likeness (QED) is 0.412. The van der Waals surface area contributed by atoms with E-state index in [9.17, 15) is 13.6 Å². The van der Waals surface area contributed by atoms with Gasteiger partial charge in [-0.15, -0.1) is 5.10 Å². The summed E-state index contributed by atoms with van der Waals surface area (Å²) < 4.78 is 34.6. The van der Waals surface area contributed by atoms with Crippen molar-refractivity contribution < 1.29 is 18.0 Å². The Kier molecular flexibility index (Phi) is 5.18. The van der Waals surface area contributed by atoms with E-state index in [1.165, 1.54) is 24.5 Å². The third kappa shape index (κ3) is 3.38. The minimum atomic E-state index is -0.675. The van der Waals surface area contributed by atoms with Crippen molar-refractivity contribution in [2.75, 3.05) is 0 Å². The van der Waals surface area contributed by atoms with Crippen molar-refractivity contribution in [3.8, 4) is 22.8 Å². The predicted octanol–water partition coefficient (Wildman–Crippen LogP) is 4.49. The Balaban J connectivity index is 1.43. The highest BCUT2D eigenvalue weighted by molar-refractivity contribution is 5.74. The second-order valence-electron chi connectivity index (χ2n) is 10.2. The Morgan fingerprint density at radius 3 is 2.68 bits per heavy atom. The van der Waals surface area contributed by atoms with Crippen LogP contribution in [0, 0.1) is 17.0 Å². The molecule has 0 unspecified atom stereocenters. The van der Waals surface area contributed by atoms with Gasteiger partial charge in [-0.05, 0) is 47.9 Å². The number of aromatic nitrogens is 5. The molecular formula is C27H24F2N6O2. The zero-order valence-corrected chi connectivity index (χ0v) is 20.3. The highest BCUT2D eigenvalue weighted by Gasteiger charge is 2.65. The number of carbonyl (C=O) groups excluding carboxylic acids is 1. The summed E-state index contributed by atoms with van der Waals surface area (Å²) >= 11 is 0. The number of hydrogen-bond donors (Lipinski definition) is 1. The number of nitrogens with zero attached hydrogens (tertiary/aromatic N) is 5. The third-order valence-electron chi connectivity index (χ3n) is 8.07. The average molecular weight is 503 g/mol. The van der Waals surface area contributed by atoms with Crippen LogP contribution in [0.25, 0.3) is 22.8 Å². The number of amides is 1. The molecule has 0 spiro atoms. The van der Waals surface area contributed by atoms with Crippen LogP contribution >= 0.6 is 0 Å². The van der Waals surface area contributed by atoms with Crippen molar-refractivity contribution in [3.05, 3.63) is 77.2 Å². The summed E-state index contributed by atoms with van der Waals surface area (Å²) in [5.41, 5.74) is 7.82. The molecule has 0 aliphatic heterocycles. The van der Waals surface area contributed by atoms with Crippen molar-refractivity contribution >= 4 is 5.91 Å². The summed E-state index contributed by atoms with van der Waals surface area (Å²) in [6, 6.07) is 5.53. The molecule has 6 rings (SSSR count). The minimum Gasteiger partial charge on any atom is -0.443 e. The molecule has 2 aliphatic carbocycles. The molecule has 188 valence electrons. The molecular weight excluding hydrogens is 478 g/mol. The fraction of sp³-hybridized carbons (Fsp3) is 0.333. The first-order valence-corrected chi connectivity index (χ1v) is 12.1. The zero-order valence-electron chi connectivity index (χ0n) is 20.3. The molecule has 3 aromatic heterocycles. The fourth-order valence-electron chi connectivity index (χ4n) is 6.22. The van der Waals surface area contributed by atoms with Gasteiger partial charge in [-0.2, -0.15) is 5.10 Å². The lowest BCUT2D eigenvalue weighted by Crippen LogP contribution is -2.38. The van der Waals surface area contributed by atoms with E-state index in [-0.39, 0.29) is 29.0 Å². The number of carbonyl (C=O) groups is 1. The maximum Gasteiger partial charge on any atom is 0.246 e.